The maximum atomic E-state index is 12.4. The molecule has 2 N–H and O–H groups in total. The van der Waals surface area contributed by atoms with Gasteiger partial charge >= 0.3 is 0 Å². The van der Waals surface area contributed by atoms with Crippen LogP contribution in [0.1, 0.15) is 6.92 Å². The Hall–Kier alpha value is -2.53. The maximum absolute atomic E-state index is 12.4. The molecule has 142 valence electrons. The van der Waals surface area contributed by atoms with Gasteiger partial charge in [-0.15, -0.1) is 0 Å². The third-order valence-electron chi connectivity index (χ3n) is 3.70. The summed E-state index contributed by atoms with van der Waals surface area (Å²) >= 11 is 1.32. The van der Waals surface area contributed by atoms with Crippen molar-refractivity contribution < 1.29 is 28.7 Å². The molecule has 0 aromatic heterocycles. The van der Waals surface area contributed by atoms with Gasteiger partial charge in [0, 0.05) is 5.69 Å². The average molecular weight is 409 g/mol. The number of ether oxygens (including phenoxy) is 1. The Balaban J connectivity index is 1.60. The van der Waals surface area contributed by atoms with Crippen molar-refractivity contribution in [2.24, 2.45) is 0 Å². The summed E-state index contributed by atoms with van der Waals surface area (Å²) in [4.78, 5) is 60.5. The van der Waals surface area contributed by atoms with Crippen LogP contribution >= 0.6 is 23.5 Å². The van der Waals surface area contributed by atoms with E-state index >= 15 is 0 Å². The zero-order valence-electron chi connectivity index (χ0n) is 14.1. The van der Waals surface area contributed by atoms with Crippen molar-refractivity contribution in [3.8, 4) is 5.75 Å². The molecule has 3 rings (SSSR count). The van der Waals surface area contributed by atoms with E-state index in [1.54, 1.807) is 24.3 Å². The van der Waals surface area contributed by atoms with E-state index in [-0.39, 0.29) is 0 Å². The summed E-state index contributed by atoms with van der Waals surface area (Å²) in [6, 6.07) is 6.65. The first-order valence-corrected chi connectivity index (χ1v) is 9.71. The Morgan fingerprint density at radius 2 is 1.85 bits per heavy atom. The summed E-state index contributed by atoms with van der Waals surface area (Å²) < 4.78 is 5.31. The molecule has 27 heavy (non-hydrogen) atoms. The second-order valence-corrected chi connectivity index (χ2v) is 7.76. The molecule has 0 aliphatic carbocycles. The lowest BCUT2D eigenvalue weighted by Gasteiger charge is -2.15. The molecule has 2 heterocycles. The zero-order valence-corrected chi connectivity index (χ0v) is 15.7. The van der Waals surface area contributed by atoms with Crippen LogP contribution in [0.15, 0.2) is 24.3 Å². The third-order valence-corrected chi connectivity index (χ3v) is 6.08. The van der Waals surface area contributed by atoms with Crippen molar-refractivity contribution in [2.75, 3.05) is 18.5 Å². The van der Waals surface area contributed by atoms with E-state index in [1.165, 1.54) is 0 Å². The van der Waals surface area contributed by atoms with Crippen LogP contribution in [0.3, 0.4) is 0 Å². The Morgan fingerprint density at radius 3 is 2.44 bits per heavy atom. The molecule has 2 aliphatic heterocycles. The molecule has 2 atom stereocenters. The lowest BCUT2D eigenvalue weighted by molar-refractivity contribution is -0.131. The molecule has 0 saturated carbocycles. The van der Waals surface area contributed by atoms with Crippen molar-refractivity contribution >= 4 is 57.4 Å². The maximum Gasteiger partial charge on any atom is 0.289 e. The highest BCUT2D eigenvalue weighted by Gasteiger charge is 2.50. The fourth-order valence-electron chi connectivity index (χ4n) is 2.51. The van der Waals surface area contributed by atoms with Gasteiger partial charge in [0.15, 0.2) is 0 Å². The predicted octanol–water partition coefficient (Wildman–Crippen LogP) is 1.44. The van der Waals surface area contributed by atoms with Crippen molar-refractivity contribution in [2.45, 2.75) is 17.4 Å². The highest BCUT2D eigenvalue weighted by molar-refractivity contribution is 8.19. The fraction of sp³-hybridized carbons (Fsp3) is 0.312. The highest BCUT2D eigenvalue weighted by Crippen LogP contribution is 2.36. The largest absolute Gasteiger partial charge is 0.494 e. The van der Waals surface area contributed by atoms with Crippen LogP contribution in [0.4, 0.5) is 15.3 Å². The number of nitrogens with zero attached hydrogens (tertiary/aromatic N) is 1. The Kier molecular flexibility index (Phi) is 5.71. The van der Waals surface area contributed by atoms with Gasteiger partial charge in [-0.25, -0.2) is 0 Å². The van der Waals surface area contributed by atoms with E-state index in [0.717, 1.165) is 4.90 Å². The Morgan fingerprint density at radius 1 is 1.15 bits per heavy atom. The summed E-state index contributed by atoms with van der Waals surface area (Å²) in [6.45, 7) is 1.91. The number of nitrogens with one attached hydrogen (secondary N) is 2. The van der Waals surface area contributed by atoms with Crippen LogP contribution in [0.5, 0.6) is 5.75 Å². The van der Waals surface area contributed by atoms with E-state index in [0.29, 0.717) is 41.6 Å². The van der Waals surface area contributed by atoms with Crippen LogP contribution < -0.4 is 15.4 Å². The van der Waals surface area contributed by atoms with E-state index in [1.807, 2.05) is 6.92 Å². The van der Waals surface area contributed by atoms with E-state index < -0.39 is 45.2 Å². The lowest BCUT2D eigenvalue weighted by atomic mass is 10.2. The van der Waals surface area contributed by atoms with E-state index in [2.05, 4.69) is 10.6 Å². The molecular formula is C16H15N3O6S2. The predicted molar refractivity (Wildman–Crippen MR) is 99.6 cm³/mol. The van der Waals surface area contributed by atoms with Crippen molar-refractivity contribution in [3.05, 3.63) is 24.3 Å². The molecule has 1 aromatic carbocycles. The molecule has 9 nitrogen and oxygen atoms in total. The SMILES string of the molecule is CCOc1ccc(NC(=O)CN2C(=O)SC(C3SC(=O)NC3=O)C2=O)cc1. The number of anilines is 1. The third kappa shape index (κ3) is 4.25. The van der Waals surface area contributed by atoms with Gasteiger partial charge in [-0.05, 0) is 54.7 Å². The molecule has 2 aliphatic rings. The number of imide groups is 2. The number of hydrogen-bond acceptors (Lipinski definition) is 8. The molecule has 2 saturated heterocycles. The van der Waals surface area contributed by atoms with Crippen molar-refractivity contribution in [3.63, 3.8) is 0 Å². The molecule has 0 radical (unpaired) electrons. The van der Waals surface area contributed by atoms with Gasteiger partial charge in [0.2, 0.25) is 17.7 Å². The summed E-state index contributed by atoms with van der Waals surface area (Å²) in [5, 5.41) is 1.49. The van der Waals surface area contributed by atoms with E-state index in [9.17, 15) is 24.0 Å². The minimum absolute atomic E-state index is 0.471. The second-order valence-electron chi connectivity index (χ2n) is 5.55. The number of carbonyl (C=O) groups is 5. The molecule has 11 heteroatoms. The molecule has 0 bridgehead atoms. The number of rotatable bonds is 6. The normalized spacial score (nSPS) is 22.2. The van der Waals surface area contributed by atoms with Crippen LogP contribution in [-0.2, 0) is 14.4 Å². The molecule has 1 aromatic rings. The number of benzene rings is 1. The number of amides is 5. The van der Waals surface area contributed by atoms with Crippen LogP contribution in [-0.4, -0.2) is 56.8 Å². The van der Waals surface area contributed by atoms with Crippen molar-refractivity contribution in [1.82, 2.24) is 10.2 Å². The van der Waals surface area contributed by atoms with E-state index in [4.69, 9.17) is 4.74 Å². The van der Waals surface area contributed by atoms with Gasteiger partial charge in [0.25, 0.3) is 10.5 Å². The summed E-state index contributed by atoms with van der Waals surface area (Å²) in [5.74, 6) is -1.17. The van der Waals surface area contributed by atoms with Crippen LogP contribution in [0.25, 0.3) is 0 Å². The van der Waals surface area contributed by atoms with Gasteiger partial charge < -0.3 is 10.1 Å². The topological polar surface area (TPSA) is 122 Å². The minimum Gasteiger partial charge on any atom is -0.494 e. The van der Waals surface area contributed by atoms with Gasteiger partial charge in [-0.1, -0.05) is 0 Å². The smallest absolute Gasteiger partial charge is 0.289 e. The zero-order chi connectivity index (χ0) is 19.6. The standard InChI is InChI=1S/C16H15N3O6S2/c1-2-25-9-5-3-8(4-6-9)17-10(20)7-19-14(22)12(27-16(19)24)11-13(21)18-15(23)26-11/h3-6,11-12H,2,7H2,1H3,(H,17,20)(H,18,21,23). The minimum atomic E-state index is -1.02. The van der Waals surface area contributed by atoms with Crippen LogP contribution in [0.2, 0.25) is 0 Å². The molecule has 2 fully saturated rings. The first-order chi connectivity index (χ1) is 12.9. The van der Waals surface area contributed by atoms with Crippen molar-refractivity contribution in [1.29, 1.82) is 0 Å². The first-order valence-electron chi connectivity index (χ1n) is 7.95. The second kappa shape index (κ2) is 8.01. The summed E-state index contributed by atoms with van der Waals surface area (Å²) in [6.07, 6.45) is 0. The number of hydrogen-bond donors (Lipinski definition) is 2. The molecular weight excluding hydrogens is 394 g/mol. The molecule has 5 amide bonds. The van der Waals surface area contributed by atoms with Gasteiger partial charge in [0.1, 0.15) is 22.8 Å². The number of carbonyl (C=O) groups excluding carboxylic acids is 5. The molecule has 2 unspecified atom stereocenters. The Bertz CT molecular complexity index is 813. The van der Waals surface area contributed by atoms with Gasteiger partial charge in [-0.2, -0.15) is 0 Å². The molecule has 0 spiro atoms. The quantitative estimate of drug-likeness (QED) is 0.724. The van der Waals surface area contributed by atoms with Gasteiger partial charge in [-0.3, -0.25) is 34.2 Å². The monoisotopic (exact) mass is 409 g/mol. The van der Waals surface area contributed by atoms with Gasteiger partial charge in [0.05, 0.1) is 6.61 Å². The lowest BCUT2D eigenvalue weighted by Crippen LogP contribution is -2.42. The average Bonchev–Trinajstić information content (AvgIpc) is 3.09. The highest BCUT2D eigenvalue weighted by atomic mass is 32.2. The Labute approximate surface area is 162 Å². The van der Waals surface area contributed by atoms with Crippen LogP contribution in [0, 0.1) is 0 Å². The number of thioether (sulfide) groups is 2. The summed E-state index contributed by atoms with van der Waals surface area (Å²) in [5.41, 5.74) is 0.489. The summed E-state index contributed by atoms with van der Waals surface area (Å²) in [7, 11) is 0. The first kappa shape index (κ1) is 19.2. The fourth-order valence-corrected chi connectivity index (χ4v) is 4.62.